The minimum absolute atomic E-state index is 0.289. The van der Waals surface area contributed by atoms with Crippen molar-refractivity contribution in [3.63, 3.8) is 0 Å². The van der Waals surface area contributed by atoms with E-state index in [0.717, 1.165) is 5.69 Å². The van der Waals surface area contributed by atoms with E-state index in [9.17, 15) is 4.79 Å². The molecule has 0 fully saturated rings. The number of esters is 1. The number of methoxy groups -OCH3 is 2. The van der Waals surface area contributed by atoms with Crippen LogP contribution in [0.15, 0.2) is 18.3 Å². The molecule has 6 heteroatoms. The lowest BCUT2D eigenvalue weighted by atomic mass is 10.2. The number of anilines is 1. The Kier molecular flexibility index (Phi) is 6.67. The molecule has 0 saturated carbocycles. The summed E-state index contributed by atoms with van der Waals surface area (Å²) in [5.74, 6) is 0.233. The maximum atomic E-state index is 11.4. The molecule has 1 aromatic heterocycles. The summed E-state index contributed by atoms with van der Waals surface area (Å²) < 4.78 is 14.9. The van der Waals surface area contributed by atoms with Gasteiger partial charge in [0, 0.05) is 13.2 Å². The maximum Gasteiger partial charge on any atom is 0.328 e. The van der Waals surface area contributed by atoms with Crippen LogP contribution in [0.2, 0.25) is 0 Å². The smallest absolute Gasteiger partial charge is 0.328 e. The molecule has 0 radical (unpaired) electrons. The third-order valence-corrected chi connectivity index (χ3v) is 2.51. The number of ether oxygens (including phenoxy) is 3. The van der Waals surface area contributed by atoms with Crippen molar-refractivity contribution in [1.82, 2.24) is 4.98 Å². The van der Waals surface area contributed by atoms with Gasteiger partial charge >= 0.3 is 5.97 Å². The summed E-state index contributed by atoms with van der Waals surface area (Å²) >= 11 is 0. The molecule has 1 N–H and O–H groups in total. The first-order chi connectivity index (χ1) is 9.21. The number of nitrogens with zero attached hydrogens (tertiary/aromatic N) is 1. The van der Waals surface area contributed by atoms with Gasteiger partial charge in [-0.3, -0.25) is 0 Å². The van der Waals surface area contributed by atoms with Gasteiger partial charge in [0.05, 0.1) is 25.6 Å². The number of carbonyl (C=O) groups is 1. The molecule has 0 aliphatic rings. The van der Waals surface area contributed by atoms with Gasteiger partial charge in [0.1, 0.15) is 12.6 Å². The molecule has 0 aliphatic carbocycles. The lowest BCUT2D eigenvalue weighted by Crippen LogP contribution is -2.29. The molecule has 0 amide bonds. The molecule has 106 valence electrons. The second-order valence-electron chi connectivity index (χ2n) is 3.85. The summed E-state index contributed by atoms with van der Waals surface area (Å²) in [6.45, 7) is 2.88. The van der Waals surface area contributed by atoms with Gasteiger partial charge < -0.3 is 19.5 Å². The highest BCUT2D eigenvalue weighted by molar-refractivity contribution is 5.79. The number of carbonyl (C=O) groups excluding carboxylic acids is 1. The van der Waals surface area contributed by atoms with Crippen molar-refractivity contribution in [3.05, 3.63) is 18.3 Å². The summed E-state index contributed by atoms with van der Waals surface area (Å²) in [5.41, 5.74) is 0.747. The molecule has 0 saturated heterocycles. The number of nitrogens with one attached hydrogen (secondary N) is 1. The maximum absolute atomic E-state index is 11.4. The van der Waals surface area contributed by atoms with Crippen LogP contribution in [-0.2, 0) is 14.3 Å². The SMILES string of the molecule is CCC(Nc1ccc(OCCOC)nc1)C(=O)OC. The molecule has 6 nitrogen and oxygen atoms in total. The molecule has 1 unspecified atom stereocenters. The van der Waals surface area contributed by atoms with Crippen molar-refractivity contribution in [2.24, 2.45) is 0 Å². The summed E-state index contributed by atoms with van der Waals surface area (Å²) in [4.78, 5) is 15.6. The monoisotopic (exact) mass is 268 g/mol. The van der Waals surface area contributed by atoms with Gasteiger partial charge in [-0.05, 0) is 12.5 Å². The van der Waals surface area contributed by atoms with E-state index in [4.69, 9.17) is 14.2 Å². The molecule has 1 aromatic rings. The Bertz CT molecular complexity index is 381. The predicted octanol–water partition coefficient (Wildman–Crippen LogP) is 1.47. The lowest BCUT2D eigenvalue weighted by molar-refractivity contribution is -0.141. The van der Waals surface area contributed by atoms with Crippen LogP contribution in [-0.4, -0.2) is 44.4 Å². The van der Waals surface area contributed by atoms with Gasteiger partial charge in [-0.25, -0.2) is 9.78 Å². The Labute approximate surface area is 113 Å². The second kappa shape index (κ2) is 8.31. The van der Waals surface area contributed by atoms with Gasteiger partial charge in [0.25, 0.3) is 0 Å². The standard InChI is InChI=1S/C13H20N2O4/c1-4-11(13(16)18-3)15-10-5-6-12(14-9-10)19-8-7-17-2/h5-6,9,11,15H,4,7-8H2,1-3H3. The van der Waals surface area contributed by atoms with Gasteiger partial charge in [0.15, 0.2) is 0 Å². The summed E-state index contributed by atoms with van der Waals surface area (Å²) in [6.07, 6.45) is 2.26. The topological polar surface area (TPSA) is 69.7 Å². The van der Waals surface area contributed by atoms with E-state index in [1.54, 1.807) is 25.4 Å². The first-order valence-electron chi connectivity index (χ1n) is 6.13. The quantitative estimate of drug-likeness (QED) is 0.569. The van der Waals surface area contributed by atoms with E-state index in [0.29, 0.717) is 25.5 Å². The molecule has 1 heterocycles. The van der Waals surface area contributed by atoms with Crippen molar-refractivity contribution < 1.29 is 19.0 Å². The fourth-order valence-electron chi connectivity index (χ4n) is 1.45. The van der Waals surface area contributed by atoms with E-state index in [-0.39, 0.29) is 12.0 Å². The number of pyridine rings is 1. The number of hydrogen-bond acceptors (Lipinski definition) is 6. The van der Waals surface area contributed by atoms with Crippen LogP contribution in [0.3, 0.4) is 0 Å². The van der Waals surface area contributed by atoms with Crippen LogP contribution in [0.5, 0.6) is 5.88 Å². The second-order valence-corrected chi connectivity index (χ2v) is 3.85. The molecule has 1 atom stereocenters. The average molecular weight is 268 g/mol. The van der Waals surface area contributed by atoms with Gasteiger partial charge in [-0.1, -0.05) is 6.92 Å². The zero-order valence-electron chi connectivity index (χ0n) is 11.5. The van der Waals surface area contributed by atoms with Crippen LogP contribution < -0.4 is 10.1 Å². The molecule has 0 spiro atoms. The Morgan fingerprint density at radius 1 is 1.37 bits per heavy atom. The molecular formula is C13H20N2O4. The molecule has 0 bridgehead atoms. The lowest BCUT2D eigenvalue weighted by Gasteiger charge is -2.15. The summed E-state index contributed by atoms with van der Waals surface area (Å²) in [6, 6.07) is 3.18. The Balaban J connectivity index is 2.53. The van der Waals surface area contributed by atoms with E-state index in [2.05, 4.69) is 10.3 Å². The zero-order chi connectivity index (χ0) is 14.1. The van der Waals surface area contributed by atoms with E-state index in [1.165, 1.54) is 7.11 Å². The van der Waals surface area contributed by atoms with Crippen molar-refractivity contribution in [2.45, 2.75) is 19.4 Å². The number of aromatic nitrogens is 1. The van der Waals surface area contributed by atoms with Gasteiger partial charge in [-0.2, -0.15) is 0 Å². The van der Waals surface area contributed by atoms with E-state index >= 15 is 0 Å². The Hall–Kier alpha value is -1.82. The summed E-state index contributed by atoms with van der Waals surface area (Å²) in [7, 11) is 2.99. The third kappa shape index (κ3) is 5.13. The highest BCUT2D eigenvalue weighted by Gasteiger charge is 2.16. The first-order valence-corrected chi connectivity index (χ1v) is 6.13. The Morgan fingerprint density at radius 2 is 2.16 bits per heavy atom. The van der Waals surface area contributed by atoms with E-state index < -0.39 is 0 Å². The molecule has 19 heavy (non-hydrogen) atoms. The fraction of sp³-hybridized carbons (Fsp3) is 0.538. The van der Waals surface area contributed by atoms with Gasteiger partial charge in [-0.15, -0.1) is 0 Å². The van der Waals surface area contributed by atoms with Crippen molar-refractivity contribution in [3.8, 4) is 5.88 Å². The minimum atomic E-state index is -0.368. The highest BCUT2D eigenvalue weighted by atomic mass is 16.5. The summed E-state index contributed by atoms with van der Waals surface area (Å²) in [5, 5.41) is 3.06. The first kappa shape index (κ1) is 15.2. The third-order valence-electron chi connectivity index (χ3n) is 2.51. The fourth-order valence-corrected chi connectivity index (χ4v) is 1.45. The molecule has 0 aromatic carbocycles. The van der Waals surface area contributed by atoms with Crippen LogP contribution in [0.25, 0.3) is 0 Å². The molecular weight excluding hydrogens is 248 g/mol. The number of hydrogen-bond donors (Lipinski definition) is 1. The van der Waals surface area contributed by atoms with Crippen LogP contribution >= 0.6 is 0 Å². The van der Waals surface area contributed by atoms with Crippen molar-refractivity contribution in [1.29, 1.82) is 0 Å². The van der Waals surface area contributed by atoms with Crippen molar-refractivity contribution >= 4 is 11.7 Å². The van der Waals surface area contributed by atoms with E-state index in [1.807, 2.05) is 6.92 Å². The zero-order valence-corrected chi connectivity index (χ0v) is 11.5. The van der Waals surface area contributed by atoms with Crippen LogP contribution in [0, 0.1) is 0 Å². The Morgan fingerprint density at radius 3 is 2.68 bits per heavy atom. The number of rotatable bonds is 8. The van der Waals surface area contributed by atoms with Gasteiger partial charge in [0.2, 0.25) is 5.88 Å². The van der Waals surface area contributed by atoms with Crippen LogP contribution in [0.4, 0.5) is 5.69 Å². The predicted molar refractivity (Wildman–Crippen MR) is 71.3 cm³/mol. The highest BCUT2D eigenvalue weighted by Crippen LogP contribution is 2.13. The van der Waals surface area contributed by atoms with Crippen LogP contribution in [0.1, 0.15) is 13.3 Å². The minimum Gasteiger partial charge on any atom is -0.475 e. The largest absolute Gasteiger partial charge is 0.475 e. The molecule has 0 aliphatic heterocycles. The van der Waals surface area contributed by atoms with Crippen molar-refractivity contribution in [2.75, 3.05) is 32.8 Å². The normalized spacial score (nSPS) is 11.7. The average Bonchev–Trinajstić information content (AvgIpc) is 2.45. The molecule has 1 rings (SSSR count).